The normalized spacial score (nSPS) is 9.25. The highest BCUT2D eigenvalue weighted by Crippen LogP contribution is 2.22. The summed E-state index contributed by atoms with van der Waals surface area (Å²) in [5.74, 6) is 0. The quantitative estimate of drug-likeness (QED) is 0.674. The van der Waals surface area contributed by atoms with Crippen molar-refractivity contribution in [2.24, 2.45) is 0 Å². The molecule has 0 bridgehead atoms. The average Bonchev–Trinajstić information content (AvgIpc) is 2.25. The third-order valence-corrected chi connectivity index (χ3v) is 2.15. The highest BCUT2D eigenvalue weighted by atomic mass is 14.9. The lowest BCUT2D eigenvalue weighted by Gasteiger charge is -2.08. The molecule has 2 aromatic carbocycles. The molecule has 84 valence electrons. The van der Waals surface area contributed by atoms with Crippen molar-refractivity contribution in [3.8, 4) is 0 Å². The number of nitrogens with two attached hydrogens (primary N) is 2. The van der Waals surface area contributed by atoms with Crippen molar-refractivity contribution in [1.82, 2.24) is 0 Å². The second-order valence-corrected chi connectivity index (χ2v) is 3.33. The number of nitrogens with one attached hydrogen (secondary N) is 1. The lowest BCUT2D eigenvalue weighted by atomic mass is 10.2. The number of nitrogen functional groups attached to an aromatic ring is 2. The van der Waals surface area contributed by atoms with Gasteiger partial charge in [0, 0.05) is 11.4 Å². The Morgan fingerprint density at radius 3 is 2.06 bits per heavy atom. The van der Waals surface area contributed by atoms with E-state index in [1.165, 1.54) is 0 Å². The summed E-state index contributed by atoms with van der Waals surface area (Å²) in [4.78, 5) is 0. The molecule has 0 radical (unpaired) electrons. The zero-order chi connectivity index (χ0) is 10.7. The molecule has 0 heterocycles. The highest BCUT2D eigenvalue weighted by molar-refractivity contribution is 5.72. The predicted molar refractivity (Wildman–Crippen MR) is 71.7 cm³/mol. The van der Waals surface area contributed by atoms with Crippen LogP contribution in [0.3, 0.4) is 0 Å². The lowest BCUT2D eigenvalue weighted by molar-refractivity contribution is 1.54. The molecule has 0 aliphatic rings. The minimum Gasteiger partial charge on any atom is -0.399 e. The Balaban J connectivity index is 0.00000128. The van der Waals surface area contributed by atoms with Gasteiger partial charge in [0.2, 0.25) is 0 Å². The Kier molecular flexibility index (Phi) is 3.78. The van der Waals surface area contributed by atoms with Crippen LogP contribution in [0.1, 0.15) is 7.43 Å². The van der Waals surface area contributed by atoms with E-state index in [4.69, 9.17) is 11.5 Å². The number of rotatable bonds is 2. The first kappa shape index (κ1) is 11.9. The summed E-state index contributed by atoms with van der Waals surface area (Å²) in [5.41, 5.74) is 14.8. The molecule has 3 nitrogen and oxygen atoms in total. The Morgan fingerprint density at radius 1 is 0.812 bits per heavy atom. The molecule has 0 aromatic heterocycles. The first-order valence-electron chi connectivity index (χ1n) is 4.73. The number of para-hydroxylation sites is 2. The zero-order valence-corrected chi connectivity index (χ0v) is 8.27. The van der Waals surface area contributed by atoms with Gasteiger partial charge in [-0.05, 0) is 36.4 Å². The first-order valence-corrected chi connectivity index (χ1v) is 4.73. The van der Waals surface area contributed by atoms with Crippen LogP contribution in [-0.4, -0.2) is 0 Å². The van der Waals surface area contributed by atoms with E-state index in [9.17, 15) is 0 Å². The van der Waals surface area contributed by atoms with Gasteiger partial charge in [-0.25, -0.2) is 0 Å². The summed E-state index contributed by atoms with van der Waals surface area (Å²) in [6.07, 6.45) is 0. The van der Waals surface area contributed by atoms with Gasteiger partial charge in [0.15, 0.2) is 0 Å². The third-order valence-electron chi connectivity index (χ3n) is 2.15. The molecule has 0 aliphatic heterocycles. The van der Waals surface area contributed by atoms with E-state index in [0.717, 1.165) is 22.7 Å². The van der Waals surface area contributed by atoms with Crippen LogP contribution in [0.15, 0.2) is 48.5 Å². The standard InChI is InChI=1S/C12H13N3.CH4/c13-9-5-7-10(8-6-9)15-12-4-2-1-3-11(12)14;/h1-8,15H,13-14H2;1H4. The minimum atomic E-state index is 0. The van der Waals surface area contributed by atoms with Crippen molar-refractivity contribution in [3.05, 3.63) is 48.5 Å². The molecule has 16 heavy (non-hydrogen) atoms. The van der Waals surface area contributed by atoms with Crippen LogP contribution in [0.5, 0.6) is 0 Å². The van der Waals surface area contributed by atoms with E-state index in [0.29, 0.717) is 0 Å². The molecule has 2 aromatic rings. The fraction of sp³-hybridized carbons (Fsp3) is 0.0769. The summed E-state index contributed by atoms with van der Waals surface area (Å²) in [7, 11) is 0. The van der Waals surface area contributed by atoms with Gasteiger partial charge in [0.1, 0.15) is 0 Å². The Hall–Kier alpha value is -2.16. The SMILES string of the molecule is C.Nc1ccc(Nc2ccccc2N)cc1. The monoisotopic (exact) mass is 215 g/mol. The molecule has 0 saturated carbocycles. The van der Waals surface area contributed by atoms with Crippen molar-refractivity contribution in [3.63, 3.8) is 0 Å². The van der Waals surface area contributed by atoms with Gasteiger partial charge in [-0.15, -0.1) is 0 Å². The molecule has 0 atom stereocenters. The fourth-order valence-corrected chi connectivity index (χ4v) is 1.33. The van der Waals surface area contributed by atoms with Gasteiger partial charge in [-0.2, -0.15) is 0 Å². The Bertz CT molecular complexity index is 449. The highest BCUT2D eigenvalue weighted by Gasteiger charge is 1.97. The van der Waals surface area contributed by atoms with E-state index in [-0.39, 0.29) is 7.43 Å². The van der Waals surface area contributed by atoms with Crippen LogP contribution in [0, 0.1) is 0 Å². The Morgan fingerprint density at radius 2 is 1.44 bits per heavy atom. The molecule has 2 rings (SSSR count). The summed E-state index contributed by atoms with van der Waals surface area (Å²) >= 11 is 0. The van der Waals surface area contributed by atoms with E-state index in [1.807, 2.05) is 48.5 Å². The van der Waals surface area contributed by atoms with Gasteiger partial charge in [0.25, 0.3) is 0 Å². The average molecular weight is 215 g/mol. The minimum absolute atomic E-state index is 0. The van der Waals surface area contributed by atoms with Crippen LogP contribution in [-0.2, 0) is 0 Å². The smallest absolute Gasteiger partial charge is 0.0617 e. The van der Waals surface area contributed by atoms with Crippen LogP contribution < -0.4 is 16.8 Å². The molecule has 0 saturated heterocycles. The van der Waals surface area contributed by atoms with E-state index in [2.05, 4.69) is 5.32 Å². The number of hydrogen-bond donors (Lipinski definition) is 3. The lowest BCUT2D eigenvalue weighted by Crippen LogP contribution is -1.95. The predicted octanol–water partition coefficient (Wildman–Crippen LogP) is 3.23. The topological polar surface area (TPSA) is 64.1 Å². The molecule has 0 spiro atoms. The molecular weight excluding hydrogens is 198 g/mol. The maximum Gasteiger partial charge on any atom is 0.0617 e. The van der Waals surface area contributed by atoms with Crippen molar-refractivity contribution in [1.29, 1.82) is 0 Å². The van der Waals surface area contributed by atoms with Crippen LogP contribution in [0.2, 0.25) is 0 Å². The van der Waals surface area contributed by atoms with E-state index in [1.54, 1.807) is 0 Å². The van der Waals surface area contributed by atoms with Crippen molar-refractivity contribution in [2.75, 3.05) is 16.8 Å². The molecule has 0 fully saturated rings. The van der Waals surface area contributed by atoms with Gasteiger partial charge < -0.3 is 16.8 Å². The summed E-state index contributed by atoms with van der Waals surface area (Å²) in [6, 6.07) is 15.2. The van der Waals surface area contributed by atoms with Crippen molar-refractivity contribution < 1.29 is 0 Å². The van der Waals surface area contributed by atoms with Gasteiger partial charge in [0.05, 0.1) is 11.4 Å². The van der Waals surface area contributed by atoms with Crippen molar-refractivity contribution in [2.45, 2.75) is 7.43 Å². The summed E-state index contributed by atoms with van der Waals surface area (Å²) in [6.45, 7) is 0. The number of benzene rings is 2. The fourth-order valence-electron chi connectivity index (χ4n) is 1.33. The van der Waals surface area contributed by atoms with Gasteiger partial charge in [-0.3, -0.25) is 0 Å². The zero-order valence-electron chi connectivity index (χ0n) is 8.27. The van der Waals surface area contributed by atoms with Gasteiger partial charge >= 0.3 is 0 Å². The molecule has 5 N–H and O–H groups in total. The van der Waals surface area contributed by atoms with E-state index >= 15 is 0 Å². The van der Waals surface area contributed by atoms with E-state index < -0.39 is 0 Å². The summed E-state index contributed by atoms with van der Waals surface area (Å²) < 4.78 is 0. The molecule has 0 unspecified atom stereocenters. The number of hydrogen-bond acceptors (Lipinski definition) is 3. The maximum absolute atomic E-state index is 5.81. The largest absolute Gasteiger partial charge is 0.399 e. The summed E-state index contributed by atoms with van der Waals surface area (Å²) in [5, 5.41) is 3.22. The second-order valence-electron chi connectivity index (χ2n) is 3.33. The second kappa shape index (κ2) is 5.07. The molecule has 0 amide bonds. The van der Waals surface area contributed by atoms with Crippen molar-refractivity contribution >= 4 is 22.7 Å². The molecule has 3 heteroatoms. The molecule has 0 aliphatic carbocycles. The Labute approximate surface area is 96.1 Å². The number of anilines is 4. The maximum atomic E-state index is 5.81. The van der Waals surface area contributed by atoms with Crippen LogP contribution in [0.4, 0.5) is 22.7 Å². The van der Waals surface area contributed by atoms with Gasteiger partial charge in [-0.1, -0.05) is 19.6 Å². The van der Waals surface area contributed by atoms with Crippen LogP contribution >= 0.6 is 0 Å². The van der Waals surface area contributed by atoms with Crippen LogP contribution in [0.25, 0.3) is 0 Å². The third kappa shape index (κ3) is 2.67. The first-order chi connectivity index (χ1) is 7.25. The molecular formula is C13H17N3.